The Hall–Kier alpha value is -4.20. The molecule has 0 radical (unpaired) electrons. The van der Waals surface area contributed by atoms with Crippen molar-refractivity contribution in [3.05, 3.63) is 87.9 Å². The molecule has 1 aliphatic heterocycles. The van der Waals surface area contributed by atoms with Crippen molar-refractivity contribution in [1.82, 2.24) is 9.88 Å². The zero-order chi connectivity index (χ0) is 25.2. The average molecular weight is 557 g/mol. The van der Waals surface area contributed by atoms with Crippen LogP contribution in [0.5, 0.6) is 0 Å². The quantitative estimate of drug-likeness (QED) is 0.199. The van der Waals surface area contributed by atoms with Gasteiger partial charge in [0.05, 0.1) is 21.2 Å². The van der Waals surface area contributed by atoms with E-state index in [4.69, 9.17) is 4.98 Å². The molecule has 1 aromatic heterocycles. The number of amides is 2. The maximum atomic E-state index is 12.8. The summed E-state index contributed by atoms with van der Waals surface area (Å²) < 4.78 is 0.267. The summed E-state index contributed by atoms with van der Waals surface area (Å²) in [5, 5.41) is 23.0. The fraction of sp³-hybridized carbons (Fsp3) is 0.0769. The Morgan fingerprint density at radius 1 is 1.06 bits per heavy atom. The number of aromatic nitrogens is 1. The van der Waals surface area contributed by atoms with Crippen LogP contribution in [0, 0.1) is 11.3 Å². The number of rotatable bonds is 6. The summed E-state index contributed by atoms with van der Waals surface area (Å²) in [7, 11) is 0. The molecule has 10 heteroatoms. The zero-order valence-corrected chi connectivity index (χ0v) is 21.3. The molecule has 0 aliphatic carbocycles. The maximum absolute atomic E-state index is 12.8. The van der Waals surface area contributed by atoms with Gasteiger partial charge in [0.25, 0.3) is 11.8 Å². The Morgan fingerprint density at radius 2 is 1.75 bits per heavy atom. The molecule has 36 heavy (non-hydrogen) atoms. The van der Waals surface area contributed by atoms with Crippen molar-refractivity contribution in [3.63, 3.8) is 0 Å². The number of hydrogen-bond acceptors (Lipinski definition) is 8. The predicted molar refractivity (Wildman–Crippen MR) is 141 cm³/mol. The fourth-order valence-corrected chi connectivity index (χ4v) is 5.32. The lowest BCUT2D eigenvalue weighted by Crippen LogP contribution is -2.29. The molecular weight excluding hydrogens is 540 g/mol. The van der Waals surface area contributed by atoms with Crippen LogP contribution >= 0.6 is 27.3 Å². The number of nitrogens with one attached hydrogen (secondary N) is 1. The van der Waals surface area contributed by atoms with Gasteiger partial charge in [-0.2, -0.15) is 5.26 Å². The van der Waals surface area contributed by atoms with Gasteiger partial charge in [0.1, 0.15) is 17.5 Å². The standard InChI is InChI=1S/C26H17BrN6O2S/c1-2-33-24(34)18-13-16(14-28)21(20(27)19(18)25(33)35)31-32-23-22(15-9-5-3-6-10-15)30-26(36-23)29-17-11-7-4-8-12-17/h3-13H,2H2,1H3,(H,29,30)/b32-31+. The molecule has 0 unspecified atom stereocenters. The van der Waals surface area contributed by atoms with Crippen LogP contribution in [0.15, 0.2) is 81.4 Å². The third-order valence-electron chi connectivity index (χ3n) is 5.53. The van der Waals surface area contributed by atoms with E-state index in [0.29, 0.717) is 15.8 Å². The van der Waals surface area contributed by atoms with Gasteiger partial charge < -0.3 is 5.32 Å². The van der Waals surface area contributed by atoms with Gasteiger partial charge in [0.2, 0.25) is 0 Å². The Labute approximate surface area is 219 Å². The van der Waals surface area contributed by atoms with Gasteiger partial charge in [-0.1, -0.05) is 59.9 Å². The molecular formula is C26H17BrN6O2S. The topological polar surface area (TPSA) is 111 Å². The van der Waals surface area contributed by atoms with E-state index >= 15 is 0 Å². The van der Waals surface area contributed by atoms with Gasteiger partial charge in [-0.15, -0.1) is 10.2 Å². The van der Waals surface area contributed by atoms with Gasteiger partial charge in [-0.05, 0) is 41.1 Å². The first-order valence-corrected chi connectivity index (χ1v) is 12.6. The van der Waals surface area contributed by atoms with Crippen molar-refractivity contribution in [1.29, 1.82) is 5.26 Å². The molecule has 0 saturated carbocycles. The van der Waals surface area contributed by atoms with Crippen molar-refractivity contribution >= 4 is 60.6 Å². The van der Waals surface area contributed by atoms with Gasteiger partial charge in [0, 0.05) is 17.8 Å². The molecule has 4 aromatic rings. The highest BCUT2D eigenvalue weighted by molar-refractivity contribution is 9.10. The van der Waals surface area contributed by atoms with E-state index in [-0.39, 0.29) is 33.4 Å². The maximum Gasteiger partial charge on any atom is 0.262 e. The molecule has 1 aliphatic rings. The minimum absolute atomic E-state index is 0.136. The number of imide groups is 1. The second kappa shape index (κ2) is 9.81. The van der Waals surface area contributed by atoms with E-state index < -0.39 is 11.8 Å². The van der Waals surface area contributed by atoms with Crippen LogP contribution < -0.4 is 5.32 Å². The first kappa shape index (κ1) is 23.5. The lowest BCUT2D eigenvalue weighted by molar-refractivity contribution is 0.0662. The van der Waals surface area contributed by atoms with E-state index in [9.17, 15) is 14.9 Å². The Bertz CT molecular complexity index is 1560. The smallest absolute Gasteiger partial charge is 0.262 e. The lowest BCUT2D eigenvalue weighted by Gasteiger charge is -2.09. The molecule has 2 heterocycles. The van der Waals surface area contributed by atoms with Crippen LogP contribution in [0.1, 0.15) is 33.2 Å². The number of benzene rings is 3. The molecule has 8 nitrogen and oxygen atoms in total. The second-order valence-corrected chi connectivity index (χ2v) is 9.48. The third-order valence-corrected chi connectivity index (χ3v) is 7.16. The number of azo groups is 1. The summed E-state index contributed by atoms with van der Waals surface area (Å²) in [6.45, 7) is 1.95. The van der Waals surface area contributed by atoms with Gasteiger partial charge in [0.15, 0.2) is 10.1 Å². The van der Waals surface area contributed by atoms with E-state index in [1.165, 1.54) is 17.4 Å². The van der Waals surface area contributed by atoms with E-state index in [2.05, 4.69) is 37.5 Å². The van der Waals surface area contributed by atoms with Crippen LogP contribution in [0.2, 0.25) is 0 Å². The van der Waals surface area contributed by atoms with Crippen LogP contribution in [0.3, 0.4) is 0 Å². The Kier molecular flexibility index (Phi) is 6.41. The Balaban J connectivity index is 1.59. The summed E-state index contributed by atoms with van der Waals surface area (Å²) in [5.74, 6) is -0.855. The molecule has 0 spiro atoms. The van der Waals surface area contributed by atoms with E-state index in [1.807, 2.05) is 60.7 Å². The van der Waals surface area contributed by atoms with Gasteiger partial charge in [-0.3, -0.25) is 14.5 Å². The van der Waals surface area contributed by atoms with Crippen molar-refractivity contribution in [2.45, 2.75) is 6.92 Å². The third kappa shape index (κ3) is 4.19. The normalized spacial score (nSPS) is 12.8. The number of halogens is 1. The van der Waals surface area contributed by atoms with Crippen molar-refractivity contribution < 1.29 is 9.59 Å². The number of nitrogens with zero attached hydrogens (tertiary/aromatic N) is 5. The molecule has 5 rings (SSSR count). The number of para-hydroxylation sites is 1. The van der Waals surface area contributed by atoms with E-state index in [0.717, 1.165) is 16.2 Å². The van der Waals surface area contributed by atoms with Gasteiger partial charge >= 0.3 is 0 Å². The van der Waals surface area contributed by atoms with E-state index in [1.54, 1.807) is 6.92 Å². The lowest BCUT2D eigenvalue weighted by atomic mass is 10.0. The summed E-state index contributed by atoms with van der Waals surface area (Å²) in [4.78, 5) is 31.3. The predicted octanol–water partition coefficient (Wildman–Crippen LogP) is 7.22. The number of carbonyl (C=O) groups is 2. The summed E-state index contributed by atoms with van der Waals surface area (Å²) >= 11 is 4.71. The molecule has 0 atom stereocenters. The summed E-state index contributed by atoms with van der Waals surface area (Å²) in [6.07, 6.45) is 0. The number of fused-ring (bicyclic) bond motifs is 1. The van der Waals surface area contributed by atoms with Crippen LogP contribution in [-0.2, 0) is 0 Å². The molecule has 3 aromatic carbocycles. The SMILES string of the molecule is CCN1C(=O)c2cc(C#N)c(/N=N/c3sc(Nc4ccccc4)nc3-c3ccccc3)c(Br)c2C1=O. The number of anilines is 2. The number of hydrogen-bond donors (Lipinski definition) is 1. The van der Waals surface area contributed by atoms with Crippen LogP contribution in [-0.4, -0.2) is 28.2 Å². The second-order valence-electron chi connectivity index (χ2n) is 7.71. The molecule has 0 saturated heterocycles. The highest BCUT2D eigenvalue weighted by Crippen LogP contribution is 2.43. The molecule has 0 bridgehead atoms. The van der Waals surface area contributed by atoms with Crippen molar-refractivity contribution in [2.75, 3.05) is 11.9 Å². The minimum atomic E-state index is -0.428. The molecule has 1 N–H and O–H groups in total. The van der Waals surface area contributed by atoms with Crippen molar-refractivity contribution in [3.8, 4) is 17.3 Å². The molecule has 0 fully saturated rings. The van der Waals surface area contributed by atoms with Crippen molar-refractivity contribution in [2.24, 2.45) is 10.2 Å². The largest absolute Gasteiger partial charge is 0.331 e. The minimum Gasteiger partial charge on any atom is -0.331 e. The number of carbonyl (C=O) groups excluding carboxylic acids is 2. The highest BCUT2D eigenvalue weighted by atomic mass is 79.9. The number of nitriles is 1. The fourth-order valence-electron chi connectivity index (χ4n) is 3.82. The molecule has 2 amide bonds. The first-order chi connectivity index (χ1) is 17.5. The molecule has 176 valence electrons. The van der Waals surface area contributed by atoms with Crippen LogP contribution in [0.4, 0.5) is 21.5 Å². The zero-order valence-electron chi connectivity index (χ0n) is 18.9. The Morgan fingerprint density at radius 3 is 2.42 bits per heavy atom. The monoisotopic (exact) mass is 556 g/mol. The summed E-state index contributed by atoms with van der Waals surface area (Å²) in [6, 6.07) is 22.7. The van der Waals surface area contributed by atoms with Gasteiger partial charge in [-0.25, -0.2) is 4.98 Å². The average Bonchev–Trinajstić information content (AvgIpc) is 3.41. The highest BCUT2D eigenvalue weighted by Gasteiger charge is 2.38. The van der Waals surface area contributed by atoms with Crippen LogP contribution in [0.25, 0.3) is 11.3 Å². The number of thiazole rings is 1. The first-order valence-electron chi connectivity index (χ1n) is 10.9. The summed E-state index contributed by atoms with van der Waals surface area (Å²) in [5.41, 5.74) is 3.05.